The smallest absolute Gasteiger partial charge is 0.248 e. The predicted octanol–water partition coefficient (Wildman–Crippen LogP) is 1.87. The van der Waals surface area contributed by atoms with Gasteiger partial charge in [-0.3, -0.25) is 9.59 Å². The van der Waals surface area contributed by atoms with Crippen molar-refractivity contribution in [3.05, 3.63) is 30.6 Å². The second kappa shape index (κ2) is 5.87. The van der Waals surface area contributed by atoms with Gasteiger partial charge in [-0.1, -0.05) is 12.1 Å². The summed E-state index contributed by atoms with van der Waals surface area (Å²) in [6, 6.07) is 7.09. The van der Waals surface area contributed by atoms with E-state index in [9.17, 15) is 9.59 Å². The van der Waals surface area contributed by atoms with Crippen LogP contribution in [0.1, 0.15) is 19.8 Å². The van der Waals surface area contributed by atoms with Crippen LogP contribution in [0.5, 0.6) is 0 Å². The lowest BCUT2D eigenvalue weighted by Gasteiger charge is -2.29. The van der Waals surface area contributed by atoms with Crippen LogP contribution in [0, 0.1) is 0 Å². The number of fused-ring (bicyclic) bond motifs is 1. The third kappa shape index (κ3) is 2.70. The van der Waals surface area contributed by atoms with Gasteiger partial charge < -0.3 is 14.8 Å². The van der Waals surface area contributed by atoms with Crippen molar-refractivity contribution in [1.29, 1.82) is 0 Å². The molecule has 2 fully saturated rings. The minimum atomic E-state index is -0.413. The van der Waals surface area contributed by atoms with Crippen LogP contribution in [0.15, 0.2) is 30.6 Å². The topological polar surface area (TPSA) is 80.1 Å². The zero-order valence-electron chi connectivity index (χ0n) is 14.1. The van der Waals surface area contributed by atoms with Crippen molar-refractivity contribution in [1.82, 2.24) is 19.7 Å². The molecule has 2 saturated heterocycles. The molecule has 1 aromatic carbocycles. The van der Waals surface area contributed by atoms with Gasteiger partial charge in [0, 0.05) is 30.5 Å². The number of carbonyl (C=O) groups excluding carboxylic acids is 2. The van der Waals surface area contributed by atoms with E-state index in [1.54, 1.807) is 23.0 Å². The largest absolute Gasteiger partial charge is 0.324 e. The highest BCUT2D eigenvalue weighted by molar-refractivity contribution is 8.01. The first-order chi connectivity index (χ1) is 12.0. The SMILES string of the molecule is Cn1cnnc1-c1cccc(NC(=O)C2CSC3(C)CCC(=O)N23)c1. The predicted molar refractivity (Wildman–Crippen MR) is 95.8 cm³/mol. The Balaban J connectivity index is 1.54. The van der Waals surface area contributed by atoms with Crippen molar-refractivity contribution in [2.24, 2.45) is 7.05 Å². The van der Waals surface area contributed by atoms with Crippen LogP contribution >= 0.6 is 11.8 Å². The highest BCUT2D eigenvalue weighted by Crippen LogP contribution is 2.47. The molecule has 2 aliphatic heterocycles. The number of carbonyl (C=O) groups is 2. The van der Waals surface area contributed by atoms with E-state index in [0.717, 1.165) is 17.8 Å². The Hall–Kier alpha value is -2.35. The van der Waals surface area contributed by atoms with Gasteiger partial charge in [-0.2, -0.15) is 0 Å². The number of nitrogens with one attached hydrogen (secondary N) is 1. The number of thioether (sulfide) groups is 1. The summed E-state index contributed by atoms with van der Waals surface area (Å²) in [6.07, 6.45) is 2.97. The fourth-order valence-electron chi connectivity index (χ4n) is 3.52. The molecule has 2 atom stereocenters. The number of nitrogens with zero attached hydrogens (tertiary/aromatic N) is 4. The maximum atomic E-state index is 12.8. The van der Waals surface area contributed by atoms with E-state index in [-0.39, 0.29) is 16.7 Å². The molecule has 0 spiro atoms. The Bertz CT molecular complexity index is 851. The lowest BCUT2D eigenvalue weighted by molar-refractivity contribution is -0.135. The van der Waals surface area contributed by atoms with Gasteiger partial charge in [0.15, 0.2) is 5.82 Å². The first-order valence-electron chi connectivity index (χ1n) is 8.19. The number of aromatic nitrogens is 3. The molecule has 2 aromatic rings. The number of benzene rings is 1. The third-order valence-electron chi connectivity index (χ3n) is 4.85. The van der Waals surface area contributed by atoms with E-state index in [0.29, 0.717) is 17.9 Å². The Morgan fingerprint density at radius 2 is 2.28 bits per heavy atom. The molecule has 2 aliphatic rings. The summed E-state index contributed by atoms with van der Waals surface area (Å²) < 4.78 is 1.82. The third-order valence-corrected chi connectivity index (χ3v) is 6.35. The molecule has 7 nitrogen and oxygen atoms in total. The molecule has 130 valence electrons. The van der Waals surface area contributed by atoms with E-state index in [2.05, 4.69) is 15.5 Å². The Morgan fingerprint density at radius 1 is 1.44 bits per heavy atom. The summed E-state index contributed by atoms with van der Waals surface area (Å²) in [5.74, 6) is 1.30. The maximum absolute atomic E-state index is 12.8. The number of aryl methyl sites for hydroxylation is 1. The average Bonchev–Trinajstić information content (AvgIpc) is 3.24. The molecule has 1 N–H and O–H groups in total. The van der Waals surface area contributed by atoms with Crippen molar-refractivity contribution in [3.63, 3.8) is 0 Å². The van der Waals surface area contributed by atoms with Crippen molar-refractivity contribution in [2.75, 3.05) is 11.1 Å². The van der Waals surface area contributed by atoms with Crippen LogP contribution in [-0.2, 0) is 16.6 Å². The minimum Gasteiger partial charge on any atom is -0.324 e. The Labute approximate surface area is 149 Å². The fraction of sp³-hybridized carbons (Fsp3) is 0.412. The van der Waals surface area contributed by atoms with E-state index in [1.165, 1.54) is 0 Å². The van der Waals surface area contributed by atoms with Crippen molar-refractivity contribution in [2.45, 2.75) is 30.7 Å². The van der Waals surface area contributed by atoms with Gasteiger partial charge in [0.2, 0.25) is 11.8 Å². The normalized spacial score (nSPS) is 25.3. The standard InChI is InChI=1S/C17H19N5O2S/c1-17-7-6-14(23)22(17)13(9-25-17)16(24)19-12-5-3-4-11(8-12)15-20-18-10-21(15)2/h3-5,8,10,13H,6-7,9H2,1-2H3,(H,19,24). The number of amides is 2. The average molecular weight is 357 g/mol. The van der Waals surface area contributed by atoms with Gasteiger partial charge >= 0.3 is 0 Å². The Kier molecular flexibility index (Phi) is 3.79. The maximum Gasteiger partial charge on any atom is 0.248 e. The number of hydrogen-bond donors (Lipinski definition) is 1. The quantitative estimate of drug-likeness (QED) is 0.907. The van der Waals surface area contributed by atoms with Crippen molar-refractivity contribution >= 4 is 29.3 Å². The molecule has 4 rings (SSSR count). The van der Waals surface area contributed by atoms with Crippen LogP contribution in [0.2, 0.25) is 0 Å². The molecular weight excluding hydrogens is 338 g/mol. The fourth-order valence-corrected chi connectivity index (χ4v) is 4.95. The van der Waals surface area contributed by atoms with E-state index in [1.807, 2.05) is 42.8 Å². The van der Waals surface area contributed by atoms with Gasteiger partial charge in [0.25, 0.3) is 0 Å². The summed E-state index contributed by atoms with van der Waals surface area (Å²) in [4.78, 5) is 26.5. The minimum absolute atomic E-state index is 0.0699. The molecule has 0 saturated carbocycles. The van der Waals surface area contributed by atoms with Gasteiger partial charge in [-0.05, 0) is 25.5 Å². The second-order valence-electron chi connectivity index (χ2n) is 6.60. The number of rotatable bonds is 3. The van der Waals surface area contributed by atoms with Crippen LogP contribution in [0.25, 0.3) is 11.4 Å². The summed E-state index contributed by atoms with van der Waals surface area (Å²) in [5.41, 5.74) is 1.57. The van der Waals surface area contributed by atoms with Crippen LogP contribution < -0.4 is 5.32 Å². The summed E-state index contributed by atoms with van der Waals surface area (Å²) >= 11 is 1.69. The molecule has 0 radical (unpaired) electrons. The van der Waals surface area contributed by atoms with Gasteiger partial charge in [0.05, 0.1) is 4.87 Å². The molecule has 1 aromatic heterocycles. The van der Waals surface area contributed by atoms with E-state index < -0.39 is 6.04 Å². The summed E-state index contributed by atoms with van der Waals surface area (Å²) in [5, 5.41) is 10.9. The molecular formula is C17H19N5O2S. The van der Waals surface area contributed by atoms with Crippen LogP contribution in [0.3, 0.4) is 0 Å². The monoisotopic (exact) mass is 357 g/mol. The molecule has 0 bridgehead atoms. The zero-order chi connectivity index (χ0) is 17.6. The van der Waals surface area contributed by atoms with E-state index >= 15 is 0 Å². The van der Waals surface area contributed by atoms with Crippen molar-refractivity contribution in [3.8, 4) is 11.4 Å². The van der Waals surface area contributed by atoms with Crippen molar-refractivity contribution < 1.29 is 9.59 Å². The lowest BCUT2D eigenvalue weighted by Crippen LogP contribution is -2.48. The first-order valence-corrected chi connectivity index (χ1v) is 9.18. The molecule has 25 heavy (non-hydrogen) atoms. The zero-order valence-corrected chi connectivity index (χ0v) is 14.9. The van der Waals surface area contributed by atoms with Gasteiger partial charge in [-0.15, -0.1) is 22.0 Å². The highest BCUT2D eigenvalue weighted by Gasteiger charge is 2.52. The summed E-state index contributed by atoms with van der Waals surface area (Å²) in [6.45, 7) is 2.05. The summed E-state index contributed by atoms with van der Waals surface area (Å²) in [7, 11) is 1.87. The molecule has 2 amide bonds. The number of hydrogen-bond acceptors (Lipinski definition) is 5. The lowest BCUT2D eigenvalue weighted by atomic mass is 10.1. The van der Waals surface area contributed by atoms with Crippen LogP contribution in [0.4, 0.5) is 5.69 Å². The molecule has 2 unspecified atom stereocenters. The first kappa shape index (κ1) is 16.1. The van der Waals surface area contributed by atoms with Crippen LogP contribution in [-0.4, -0.2) is 48.1 Å². The molecule has 3 heterocycles. The second-order valence-corrected chi connectivity index (χ2v) is 8.10. The molecule has 0 aliphatic carbocycles. The van der Waals surface area contributed by atoms with Gasteiger partial charge in [-0.25, -0.2) is 0 Å². The van der Waals surface area contributed by atoms with Gasteiger partial charge in [0.1, 0.15) is 12.4 Å². The van der Waals surface area contributed by atoms with E-state index in [4.69, 9.17) is 0 Å². The number of anilines is 1. The highest BCUT2D eigenvalue weighted by atomic mass is 32.2. The Morgan fingerprint density at radius 3 is 3.04 bits per heavy atom. The molecule has 8 heteroatoms.